The van der Waals surface area contributed by atoms with Gasteiger partial charge in [-0.1, -0.05) is 17.7 Å². The summed E-state index contributed by atoms with van der Waals surface area (Å²) < 4.78 is 25.0. The normalized spacial score (nSPS) is 20.3. The fourth-order valence-corrected chi connectivity index (χ4v) is 2.59. The standard InChI is InChI=1S/C17H25FN2O3/c1-11-5-6-13(18)12(9-11)15(19)14-10-22-8-7-20(14)16(21)23-17(2,3)4/h5-6,9,14-15H,7-8,10,19H2,1-4H3. The number of morpholine rings is 1. The minimum absolute atomic E-state index is 0.258. The highest BCUT2D eigenvalue weighted by Gasteiger charge is 2.36. The third-order valence-corrected chi connectivity index (χ3v) is 3.72. The number of benzene rings is 1. The molecule has 23 heavy (non-hydrogen) atoms. The first-order chi connectivity index (χ1) is 10.7. The molecule has 0 spiro atoms. The third-order valence-electron chi connectivity index (χ3n) is 3.72. The van der Waals surface area contributed by atoms with Gasteiger partial charge in [-0.15, -0.1) is 0 Å². The Morgan fingerprint density at radius 3 is 2.83 bits per heavy atom. The van der Waals surface area contributed by atoms with E-state index in [1.54, 1.807) is 37.8 Å². The second kappa shape index (κ2) is 6.84. The summed E-state index contributed by atoms with van der Waals surface area (Å²) in [7, 11) is 0. The van der Waals surface area contributed by atoms with Crippen LogP contribution in [0.25, 0.3) is 0 Å². The van der Waals surface area contributed by atoms with Crippen LogP contribution in [0.1, 0.15) is 37.9 Å². The van der Waals surface area contributed by atoms with Crippen molar-refractivity contribution in [2.45, 2.75) is 45.4 Å². The minimum atomic E-state index is -0.678. The lowest BCUT2D eigenvalue weighted by molar-refractivity contribution is -0.0384. The van der Waals surface area contributed by atoms with Crippen molar-refractivity contribution in [1.82, 2.24) is 4.90 Å². The Kier molecular flexibility index (Phi) is 5.26. The maximum atomic E-state index is 14.1. The van der Waals surface area contributed by atoms with Gasteiger partial charge in [-0.25, -0.2) is 9.18 Å². The first-order valence-electron chi connectivity index (χ1n) is 7.78. The van der Waals surface area contributed by atoms with Gasteiger partial charge in [0, 0.05) is 12.1 Å². The van der Waals surface area contributed by atoms with E-state index < -0.39 is 23.8 Å². The van der Waals surface area contributed by atoms with Crippen LogP contribution in [0.15, 0.2) is 18.2 Å². The average molecular weight is 324 g/mol. The lowest BCUT2D eigenvalue weighted by Crippen LogP contribution is -2.54. The van der Waals surface area contributed by atoms with Crippen LogP contribution in [-0.2, 0) is 9.47 Å². The first-order valence-corrected chi connectivity index (χ1v) is 7.78. The van der Waals surface area contributed by atoms with E-state index in [0.29, 0.717) is 18.7 Å². The SMILES string of the molecule is Cc1ccc(F)c(C(N)C2COCCN2C(=O)OC(C)(C)C)c1. The Labute approximate surface area is 136 Å². The van der Waals surface area contributed by atoms with Crippen LogP contribution in [0.5, 0.6) is 0 Å². The van der Waals surface area contributed by atoms with E-state index in [-0.39, 0.29) is 12.4 Å². The van der Waals surface area contributed by atoms with E-state index >= 15 is 0 Å². The molecule has 2 atom stereocenters. The number of hydrogen-bond acceptors (Lipinski definition) is 4. The molecule has 1 heterocycles. The molecule has 1 aliphatic rings. The maximum absolute atomic E-state index is 14.1. The molecule has 2 unspecified atom stereocenters. The zero-order valence-electron chi connectivity index (χ0n) is 14.1. The van der Waals surface area contributed by atoms with Crippen molar-refractivity contribution < 1.29 is 18.7 Å². The Bertz CT molecular complexity index is 571. The van der Waals surface area contributed by atoms with Crippen LogP contribution in [0, 0.1) is 12.7 Å². The summed E-state index contributed by atoms with van der Waals surface area (Å²) in [5.41, 5.74) is 6.96. The highest BCUT2D eigenvalue weighted by molar-refractivity contribution is 5.69. The molecular formula is C17H25FN2O3. The van der Waals surface area contributed by atoms with Crippen LogP contribution in [0.3, 0.4) is 0 Å². The van der Waals surface area contributed by atoms with Gasteiger partial charge in [-0.05, 0) is 33.8 Å². The number of halogens is 1. The van der Waals surface area contributed by atoms with Crippen molar-refractivity contribution in [3.63, 3.8) is 0 Å². The van der Waals surface area contributed by atoms with Gasteiger partial charge in [-0.3, -0.25) is 4.90 Å². The molecule has 0 saturated carbocycles. The number of hydrogen-bond donors (Lipinski definition) is 1. The highest BCUT2D eigenvalue weighted by atomic mass is 19.1. The van der Waals surface area contributed by atoms with Gasteiger partial charge in [0.15, 0.2) is 0 Å². The van der Waals surface area contributed by atoms with Crippen LogP contribution in [-0.4, -0.2) is 42.4 Å². The molecule has 2 N–H and O–H groups in total. The number of aryl methyl sites for hydroxylation is 1. The van der Waals surface area contributed by atoms with E-state index in [4.69, 9.17) is 15.2 Å². The summed E-state index contributed by atoms with van der Waals surface area (Å²) in [6.07, 6.45) is -0.450. The third kappa shape index (κ3) is 4.42. The van der Waals surface area contributed by atoms with Crippen molar-refractivity contribution in [3.8, 4) is 0 Å². The van der Waals surface area contributed by atoms with Gasteiger partial charge in [0.25, 0.3) is 0 Å². The molecule has 2 rings (SSSR count). The predicted molar refractivity (Wildman–Crippen MR) is 85.6 cm³/mol. The molecule has 1 aliphatic heterocycles. The summed E-state index contributed by atoms with van der Waals surface area (Å²) in [5, 5.41) is 0. The molecule has 1 aromatic carbocycles. The van der Waals surface area contributed by atoms with Gasteiger partial charge in [-0.2, -0.15) is 0 Å². The zero-order valence-corrected chi connectivity index (χ0v) is 14.1. The summed E-state index contributed by atoms with van der Waals surface area (Å²) in [4.78, 5) is 14.0. The monoisotopic (exact) mass is 324 g/mol. The lowest BCUT2D eigenvalue weighted by atomic mass is 9.97. The first kappa shape index (κ1) is 17.7. The zero-order chi connectivity index (χ0) is 17.2. The summed E-state index contributed by atoms with van der Waals surface area (Å²) >= 11 is 0. The minimum Gasteiger partial charge on any atom is -0.444 e. The molecule has 0 aromatic heterocycles. The Morgan fingerprint density at radius 2 is 2.17 bits per heavy atom. The van der Waals surface area contributed by atoms with E-state index in [1.807, 2.05) is 6.92 Å². The fourth-order valence-electron chi connectivity index (χ4n) is 2.59. The largest absolute Gasteiger partial charge is 0.444 e. The number of nitrogens with two attached hydrogens (primary N) is 1. The lowest BCUT2D eigenvalue weighted by Gasteiger charge is -2.39. The smallest absolute Gasteiger partial charge is 0.410 e. The van der Waals surface area contributed by atoms with Gasteiger partial charge >= 0.3 is 6.09 Å². The molecule has 1 aromatic rings. The number of carbonyl (C=O) groups excluding carboxylic acids is 1. The van der Waals surface area contributed by atoms with E-state index in [1.165, 1.54) is 6.07 Å². The second-order valence-corrected chi connectivity index (χ2v) is 6.87. The van der Waals surface area contributed by atoms with Crippen molar-refractivity contribution in [2.24, 2.45) is 5.73 Å². The number of rotatable bonds is 2. The molecule has 0 radical (unpaired) electrons. The summed E-state index contributed by atoms with van der Waals surface area (Å²) in [5.74, 6) is -0.377. The Morgan fingerprint density at radius 1 is 1.48 bits per heavy atom. The number of carbonyl (C=O) groups is 1. The molecule has 128 valence electrons. The van der Waals surface area contributed by atoms with Crippen molar-refractivity contribution in [2.75, 3.05) is 19.8 Å². The van der Waals surface area contributed by atoms with Gasteiger partial charge in [0.2, 0.25) is 0 Å². The van der Waals surface area contributed by atoms with Crippen LogP contribution in [0.2, 0.25) is 0 Å². The van der Waals surface area contributed by atoms with Crippen LogP contribution >= 0.6 is 0 Å². The topological polar surface area (TPSA) is 64.8 Å². The number of nitrogens with zero attached hydrogens (tertiary/aromatic N) is 1. The maximum Gasteiger partial charge on any atom is 0.410 e. The number of amides is 1. The molecule has 5 nitrogen and oxygen atoms in total. The molecule has 6 heteroatoms. The quantitative estimate of drug-likeness (QED) is 0.908. The second-order valence-electron chi connectivity index (χ2n) is 6.87. The Balaban J connectivity index is 2.23. The molecular weight excluding hydrogens is 299 g/mol. The fraction of sp³-hybridized carbons (Fsp3) is 0.588. The van der Waals surface area contributed by atoms with Crippen molar-refractivity contribution in [1.29, 1.82) is 0 Å². The van der Waals surface area contributed by atoms with Gasteiger partial charge in [0.1, 0.15) is 11.4 Å². The van der Waals surface area contributed by atoms with Gasteiger partial charge in [0.05, 0.1) is 25.3 Å². The average Bonchev–Trinajstić information content (AvgIpc) is 2.47. The predicted octanol–water partition coefficient (Wildman–Crippen LogP) is 2.77. The van der Waals surface area contributed by atoms with Crippen LogP contribution in [0.4, 0.5) is 9.18 Å². The highest BCUT2D eigenvalue weighted by Crippen LogP contribution is 2.26. The summed E-state index contributed by atoms with van der Waals surface area (Å²) in [6, 6.07) is 3.65. The van der Waals surface area contributed by atoms with E-state index in [0.717, 1.165) is 5.56 Å². The molecule has 1 fully saturated rings. The molecule has 1 amide bonds. The molecule has 0 aliphatic carbocycles. The Hall–Kier alpha value is -1.66. The molecule has 1 saturated heterocycles. The van der Waals surface area contributed by atoms with Gasteiger partial charge < -0.3 is 15.2 Å². The number of ether oxygens (including phenoxy) is 2. The van der Waals surface area contributed by atoms with E-state index in [9.17, 15) is 9.18 Å². The van der Waals surface area contributed by atoms with Crippen LogP contribution < -0.4 is 5.73 Å². The summed E-state index contributed by atoms with van der Waals surface area (Å²) in [6.45, 7) is 8.34. The van der Waals surface area contributed by atoms with Crippen molar-refractivity contribution >= 4 is 6.09 Å². The van der Waals surface area contributed by atoms with Crippen molar-refractivity contribution in [3.05, 3.63) is 35.1 Å². The van der Waals surface area contributed by atoms with E-state index in [2.05, 4.69) is 0 Å². The molecule has 0 bridgehead atoms.